The predicted octanol–water partition coefficient (Wildman–Crippen LogP) is 17.5. The molecule has 368 valence electrons. The smallest absolute Gasteiger partial charge is 0.306 e. The van der Waals surface area contributed by atoms with Crippen LogP contribution in [0.1, 0.15) is 226 Å². The fourth-order valence-electron chi connectivity index (χ4n) is 6.81. The van der Waals surface area contributed by atoms with Gasteiger partial charge in [0.15, 0.2) is 6.10 Å². The molecule has 0 amide bonds. The Morgan fingerprint density at radius 1 is 0.338 bits per heavy atom. The lowest BCUT2D eigenvalue weighted by Gasteiger charge is -2.18. The van der Waals surface area contributed by atoms with Gasteiger partial charge in [0.25, 0.3) is 0 Å². The number of carbonyl (C=O) groups excluding carboxylic acids is 3. The minimum Gasteiger partial charge on any atom is -0.462 e. The first-order chi connectivity index (χ1) is 32.0. The minimum atomic E-state index is -0.822. The lowest BCUT2D eigenvalue weighted by atomic mass is 10.1. The van der Waals surface area contributed by atoms with Crippen LogP contribution in [0.2, 0.25) is 0 Å². The van der Waals surface area contributed by atoms with Crippen LogP contribution in [0.5, 0.6) is 0 Å². The molecule has 0 rings (SSSR count). The summed E-state index contributed by atoms with van der Waals surface area (Å²) in [4.78, 5) is 37.9. The summed E-state index contributed by atoms with van der Waals surface area (Å²) in [6.45, 7) is 6.36. The molecule has 0 aliphatic heterocycles. The van der Waals surface area contributed by atoms with Gasteiger partial charge >= 0.3 is 17.9 Å². The van der Waals surface area contributed by atoms with E-state index in [1.807, 2.05) is 12.2 Å². The summed E-state index contributed by atoms with van der Waals surface area (Å²) >= 11 is 0. The first-order valence-corrected chi connectivity index (χ1v) is 26.4. The summed E-state index contributed by atoms with van der Waals surface area (Å²) in [5.74, 6) is -1.05. The average Bonchev–Trinajstić information content (AvgIpc) is 3.30. The number of ether oxygens (including phenoxy) is 3. The van der Waals surface area contributed by atoms with Gasteiger partial charge in [0, 0.05) is 19.3 Å². The molecule has 6 nitrogen and oxygen atoms in total. The van der Waals surface area contributed by atoms with Gasteiger partial charge in [-0.1, -0.05) is 214 Å². The van der Waals surface area contributed by atoms with E-state index < -0.39 is 6.10 Å². The second-order valence-electron chi connectivity index (χ2n) is 17.1. The van der Waals surface area contributed by atoms with Crippen LogP contribution in [-0.4, -0.2) is 37.2 Å². The molecule has 0 fully saturated rings. The third-order valence-electron chi connectivity index (χ3n) is 10.8. The average molecular weight is 901 g/mol. The number of rotatable bonds is 46. The molecule has 0 heterocycles. The highest BCUT2D eigenvalue weighted by Gasteiger charge is 2.19. The highest BCUT2D eigenvalue weighted by molar-refractivity contribution is 5.71. The van der Waals surface area contributed by atoms with Gasteiger partial charge in [-0.05, 0) is 103 Å². The van der Waals surface area contributed by atoms with Crippen molar-refractivity contribution in [1.82, 2.24) is 0 Å². The van der Waals surface area contributed by atoms with Crippen LogP contribution in [0.4, 0.5) is 0 Å². The molecule has 0 aromatic carbocycles. The maximum Gasteiger partial charge on any atom is 0.306 e. The zero-order chi connectivity index (χ0) is 47.2. The minimum absolute atomic E-state index is 0.120. The normalized spacial score (nSPS) is 13.0. The summed E-state index contributed by atoms with van der Waals surface area (Å²) in [5, 5.41) is 0. The molecule has 0 N–H and O–H groups in total. The number of carbonyl (C=O) groups is 3. The van der Waals surface area contributed by atoms with E-state index in [-0.39, 0.29) is 37.5 Å². The van der Waals surface area contributed by atoms with E-state index in [0.717, 1.165) is 70.6 Å². The molecule has 0 spiro atoms. The number of hydrogen-bond donors (Lipinski definition) is 0. The molecule has 0 aromatic heterocycles. The van der Waals surface area contributed by atoms with E-state index in [0.29, 0.717) is 25.7 Å². The molecule has 0 bridgehead atoms. The summed E-state index contributed by atoms with van der Waals surface area (Å²) in [6, 6.07) is 0. The van der Waals surface area contributed by atoms with Crippen molar-refractivity contribution in [3.8, 4) is 0 Å². The van der Waals surface area contributed by atoms with Crippen molar-refractivity contribution in [3.05, 3.63) is 109 Å². The maximum atomic E-state index is 12.8. The topological polar surface area (TPSA) is 78.9 Å². The largest absolute Gasteiger partial charge is 0.462 e. The van der Waals surface area contributed by atoms with Crippen molar-refractivity contribution in [2.45, 2.75) is 232 Å². The van der Waals surface area contributed by atoms with Gasteiger partial charge in [0.05, 0.1) is 0 Å². The first kappa shape index (κ1) is 61.1. The van der Waals surface area contributed by atoms with Gasteiger partial charge < -0.3 is 14.2 Å². The maximum absolute atomic E-state index is 12.8. The standard InChI is InChI=1S/C59H96O6/c1-4-7-10-13-16-19-21-23-25-27-29-31-33-35-37-40-43-46-49-52-58(61)64-55-56(54-63-57(60)51-48-45-42-39-18-15-12-9-6-3)65-59(62)53-50-47-44-41-38-36-34-32-30-28-26-24-22-20-17-14-11-8-5-2/h7,10,16-17,19-20,22-25,29,31,35,37,39,42-43,46,56H,4-6,8-9,11-15,18,21,26-28,30,32-34,36,38,40-41,44-45,47-55H2,1-3H3/b10-7-,19-16-,20-17-,24-22-,25-23-,31-29-,37-35-,42-39-,46-43-. The molecule has 0 saturated heterocycles. The van der Waals surface area contributed by atoms with Crippen molar-refractivity contribution >= 4 is 17.9 Å². The van der Waals surface area contributed by atoms with Gasteiger partial charge in [-0.3, -0.25) is 14.4 Å². The van der Waals surface area contributed by atoms with Gasteiger partial charge in [-0.25, -0.2) is 0 Å². The Kier molecular flexibility index (Phi) is 49.5. The van der Waals surface area contributed by atoms with E-state index in [9.17, 15) is 14.4 Å². The van der Waals surface area contributed by atoms with Crippen LogP contribution in [0, 0.1) is 0 Å². The van der Waals surface area contributed by atoms with Crippen molar-refractivity contribution in [3.63, 3.8) is 0 Å². The summed E-state index contributed by atoms with van der Waals surface area (Å²) in [7, 11) is 0. The molecule has 6 heteroatoms. The van der Waals surface area contributed by atoms with Crippen LogP contribution in [0.15, 0.2) is 109 Å². The van der Waals surface area contributed by atoms with Crippen molar-refractivity contribution < 1.29 is 28.6 Å². The van der Waals surface area contributed by atoms with Gasteiger partial charge in [-0.2, -0.15) is 0 Å². The highest BCUT2D eigenvalue weighted by atomic mass is 16.6. The SMILES string of the molecule is CC/C=C\C/C=C\C/C=C\C/C=C\C/C=C\C/C=C\CCC(=O)OCC(COC(=O)CCC/C=C\CCCCCC)OC(=O)CCCCCCCCCCCC/C=C\C=C/CCCCC. The lowest BCUT2D eigenvalue weighted by molar-refractivity contribution is -0.166. The van der Waals surface area contributed by atoms with E-state index in [4.69, 9.17) is 14.2 Å². The number of esters is 3. The van der Waals surface area contributed by atoms with Crippen LogP contribution in [0.3, 0.4) is 0 Å². The van der Waals surface area contributed by atoms with Gasteiger partial charge in [0.2, 0.25) is 0 Å². The van der Waals surface area contributed by atoms with E-state index in [2.05, 4.69) is 118 Å². The zero-order valence-corrected chi connectivity index (χ0v) is 42.0. The Hall–Kier alpha value is -3.93. The Morgan fingerprint density at radius 2 is 0.692 bits per heavy atom. The summed E-state index contributed by atoms with van der Waals surface area (Å²) in [6.07, 6.45) is 71.0. The van der Waals surface area contributed by atoms with Crippen molar-refractivity contribution in [2.24, 2.45) is 0 Å². The first-order valence-electron chi connectivity index (χ1n) is 26.4. The second-order valence-corrected chi connectivity index (χ2v) is 17.1. The van der Waals surface area contributed by atoms with E-state index in [1.54, 1.807) is 0 Å². The van der Waals surface area contributed by atoms with Crippen LogP contribution < -0.4 is 0 Å². The molecular formula is C59H96O6. The molecule has 0 radical (unpaired) electrons. The summed E-state index contributed by atoms with van der Waals surface area (Å²) < 4.78 is 16.7. The predicted molar refractivity (Wildman–Crippen MR) is 279 cm³/mol. The Morgan fingerprint density at radius 3 is 1.20 bits per heavy atom. The van der Waals surface area contributed by atoms with Crippen molar-refractivity contribution in [1.29, 1.82) is 0 Å². The Bertz CT molecular complexity index is 1360. The second kappa shape index (κ2) is 52.7. The van der Waals surface area contributed by atoms with Crippen LogP contribution >= 0.6 is 0 Å². The molecule has 0 saturated carbocycles. The van der Waals surface area contributed by atoms with Crippen LogP contribution in [0.25, 0.3) is 0 Å². The number of unbranched alkanes of at least 4 members (excludes halogenated alkanes) is 18. The fraction of sp³-hybridized carbons (Fsp3) is 0.644. The fourth-order valence-corrected chi connectivity index (χ4v) is 6.81. The Labute approximate surface area is 400 Å². The van der Waals surface area contributed by atoms with E-state index in [1.165, 1.54) is 103 Å². The van der Waals surface area contributed by atoms with Gasteiger partial charge in [-0.15, -0.1) is 0 Å². The van der Waals surface area contributed by atoms with Crippen LogP contribution in [-0.2, 0) is 28.6 Å². The Balaban J connectivity index is 4.46. The molecule has 1 atom stereocenters. The molecule has 65 heavy (non-hydrogen) atoms. The zero-order valence-electron chi connectivity index (χ0n) is 42.0. The molecule has 1 unspecified atom stereocenters. The lowest BCUT2D eigenvalue weighted by Crippen LogP contribution is -2.30. The molecule has 0 aliphatic carbocycles. The number of hydrogen-bond acceptors (Lipinski definition) is 6. The van der Waals surface area contributed by atoms with E-state index >= 15 is 0 Å². The monoisotopic (exact) mass is 901 g/mol. The quantitative estimate of drug-likeness (QED) is 0.0199. The van der Waals surface area contributed by atoms with Crippen molar-refractivity contribution in [2.75, 3.05) is 13.2 Å². The third-order valence-corrected chi connectivity index (χ3v) is 10.8. The summed E-state index contributed by atoms with van der Waals surface area (Å²) in [5.41, 5.74) is 0. The molecule has 0 aliphatic rings. The molecule has 0 aromatic rings. The number of allylic oxidation sites excluding steroid dienone is 18. The van der Waals surface area contributed by atoms with Gasteiger partial charge in [0.1, 0.15) is 13.2 Å². The molecular weight excluding hydrogens is 805 g/mol. The third kappa shape index (κ3) is 50.9. The highest BCUT2D eigenvalue weighted by Crippen LogP contribution is 2.14.